The maximum absolute atomic E-state index is 12.9. The van der Waals surface area contributed by atoms with Crippen LogP contribution in [0.15, 0.2) is 0 Å². The number of ether oxygens (including phenoxy) is 2. The fraction of sp³-hybridized carbons (Fsp3) is 1.00. The van der Waals surface area contributed by atoms with E-state index < -0.39 is 62.8 Å². The minimum Gasteiger partial charge on any atom is -0.756 e. The second kappa shape index (κ2) is 32.5. The Morgan fingerprint density at radius 3 is 1.31 bits per heavy atom. The van der Waals surface area contributed by atoms with Crippen molar-refractivity contribution in [2.24, 2.45) is 41.4 Å². The molecule has 0 aromatic heterocycles. The molecule has 12 nitrogen and oxygen atoms in total. The summed E-state index contributed by atoms with van der Waals surface area (Å²) in [4.78, 5) is 12.9. The first-order valence-corrected chi connectivity index (χ1v) is 26.5. The maximum Gasteiger partial charge on any atom is 0.268 e. The summed E-state index contributed by atoms with van der Waals surface area (Å²) >= 11 is 0. The first-order chi connectivity index (χ1) is 29.0. The molecule has 1 aliphatic carbocycles. The highest BCUT2D eigenvalue weighted by atomic mass is 31.2. The summed E-state index contributed by atoms with van der Waals surface area (Å²) in [5.74, 6) is 4.86. The van der Waals surface area contributed by atoms with Crippen molar-refractivity contribution < 1.29 is 58.6 Å². The molecule has 0 bridgehead atoms. The van der Waals surface area contributed by atoms with Gasteiger partial charge in [-0.3, -0.25) is 4.57 Å². The molecule has 1 rings (SSSR count). The van der Waals surface area contributed by atoms with Gasteiger partial charge in [-0.05, 0) is 67.6 Å². The predicted octanol–water partition coefficient (Wildman–Crippen LogP) is 9.12. The quantitative estimate of drug-likeness (QED) is 0.0254. The highest BCUT2D eigenvalue weighted by Gasteiger charge is 2.50. The van der Waals surface area contributed by atoms with Crippen molar-refractivity contribution in [3.05, 3.63) is 0 Å². The van der Waals surface area contributed by atoms with Gasteiger partial charge in [-0.1, -0.05) is 171 Å². The monoisotopic (exact) mass is 910 g/mol. The summed E-state index contributed by atoms with van der Waals surface area (Å²) in [6.45, 7) is 22.7. The number of aliphatic hydroxyl groups excluding tert-OH is 5. The highest BCUT2D eigenvalue weighted by Crippen LogP contribution is 2.43. The molecule has 0 heterocycles. The van der Waals surface area contributed by atoms with Gasteiger partial charge in [0.25, 0.3) is 7.82 Å². The Balaban J connectivity index is 2.61. The SMILES string of the molecule is CC(C)CCC[C@@H](C)CCC[C@@H](C)CCC[C@@H](C)CCOC[C@@H](COP(=O)([O-])OC1[C@H](O)[C@H](O)C(O)[C@H](O)[C@H]1O)OCC[C@](C)(O)CCC[C@H](C)CCC[C@H](C)CCCC(C)C. The average molecular weight is 910 g/mol. The Labute approximate surface area is 379 Å². The van der Waals surface area contributed by atoms with Gasteiger partial charge in [-0.2, -0.15) is 0 Å². The number of hydrogen-bond donors (Lipinski definition) is 6. The van der Waals surface area contributed by atoms with Crippen LogP contribution in [0.4, 0.5) is 0 Å². The molecule has 3 unspecified atom stereocenters. The lowest BCUT2D eigenvalue weighted by atomic mass is 9.85. The topological polar surface area (TPSA) is 198 Å². The number of hydrogen-bond acceptors (Lipinski definition) is 12. The third kappa shape index (κ3) is 28.1. The molecule has 1 fully saturated rings. The number of phosphoric acid groups is 1. The lowest BCUT2D eigenvalue weighted by Gasteiger charge is -2.43. The zero-order valence-corrected chi connectivity index (χ0v) is 42.0. The normalized spacial score (nSPS) is 25.9. The van der Waals surface area contributed by atoms with Crippen LogP contribution in [0.3, 0.4) is 0 Å². The third-order valence-electron chi connectivity index (χ3n) is 13.3. The molecule has 0 saturated heterocycles. The Kier molecular flexibility index (Phi) is 31.3. The van der Waals surface area contributed by atoms with Crippen LogP contribution in [0, 0.1) is 41.4 Å². The fourth-order valence-corrected chi connectivity index (χ4v) is 9.59. The largest absolute Gasteiger partial charge is 0.756 e. The first-order valence-electron chi connectivity index (χ1n) is 25.0. The van der Waals surface area contributed by atoms with Crippen LogP contribution in [0.2, 0.25) is 0 Å². The Bertz CT molecular complexity index is 1130. The molecule has 0 amide bonds. The molecule has 0 aliphatic heterocycles. The van der Waals surface area contributed by atoms with Crippen molar-refractivity contribution in [3.63, 3.8) is 0 Å². The predicted molar refractivity (Wildman–Crippen MR) is 247 cm³/mol. The Morgan fingerprint density at radius 1 is 0.516 bits per heavy atom. The summed E-state index contributed by atoms with van der Waals surface area (Å²) in [5.41, 5.74) is -0.980. The van der Waals surface area contributed by atoms with E-state index in [1.54, 1.807) is 6.92 Å². The van der Waals surface area contributed by atoms with Crippen molar-refractivity contribution in [2.45, 2.75) is 246 Å². The fourth-order valence-electron chi connectivity index (χ4n) is 8.64. The van der Waals surface area contributed by atoms with Crippen LogP contribution in [0.1, 0.15) is 198 Å². The summed E-state index contributed by atoms with van der Waals surface area (Å²) in [6.07, 6.45) is 9.99. The lowest BCUT2D eigenvalue weighted by Crippen LogP contribution is -2.64. The van der Waals surface area contributed by atoms with Gasteiger partial charge in [0, 0.05) is 13.2 Å². The highest BCUT2D eigenvalue weighted by molar-refractivity contribution is 7.45. The number of rotatable bonds is 38. The number of phosphoric ester groups is 1. The summed E-state index contributed by atoms with van der Waals surface area (Å²) in [5, 5.41) is 61.7. The van der Waals surface area contributed by atoms with Crippen molar-refractivity contribution >= 4 is 7.82 Å². The van der Waals surface area contributed by atoms with Gasteiger partial charge >= 0.3 is 0 Å². The van der Waals surface area contributed by atoms with Crippen LogP contribution >= 0.6 is 7.82 Å². The van der Waals surface area contributed by atoms with Crippen LogP contribution in [0.5, 0.6) is 0 Å². The van der Waals surface area contributed by atoms with E-state index in [4.69, 9.17) is 18.5 Å². The average Bonchev–Trinajstić information content (AvgIpc) is 3.18. The molecular formula is C49H98O12P-. The van der Waals surface area contributed by atoms with E-state index in [1.807, 2.05) is 0 Å². The molecule has 13 heteroatoms. The summed E-state index contributed by atoms with van der Waals surface area (Å²) in [7, 11) is -5.23. The molecule has 0 spiro atoms. The van der Waals surface area contributed by atoms with Crippen molar-refractivity contribution in [1.82, 2.24) is 0 Å². The zero-order chi connectivity index (χ0) is 46.9. The van der Waals surface area contributed by atoms with Crippen LogP contribution in [-0.2, 0) is 23.1 Å². The molecule has 62 heavy (non-hydrogen) atoms. The molecule has 6 N–H and O–H groups in total. The van der Waals surface area contributed by atoms with E-state index in [0.29, 0.717) is 37.2 Å². The minimum absolute atomic E-state index is 0.0218. The van der Waals surface area contributed by atoms with Crippen LogP contribution in [0.25, 0.3) is 0 Å². The molecule has 0 aromatic carbocycles. The van der Waals surface area contributed by atoms with Gasteiger partial charge < -0.3 is 54.1 Å². The van der Waals surface area contributed by atoms with E-state index in [1.165, 1.54) is 89.9 Å². The molecular weight excluding hydrogens is 812 g/mol. The van der Waals surface area contributed by atoms with E-state index in [-0.39, 0.29) is 13.2 Å². The molecule has 0 radical (unpaired) electrons. The molecule has 1 aliphatic rings. The van der Waals surface area contributed by atoms with Gasteiger partial charge in [-0.15, -0.1) is 0 Å². The third-order valence-corrected chi connectivity index (χ3v) is 14.3. The Morgan fingerprint density at radius 2 is 0.887 bits per heavy atom. The first kappa shape index (κ1) is 59.8. The molecule has 372 valence electrons. The van der Waals surface area contributed by atoms with Crippen molar-refractivity contribution in [1.29, 1.82) is 0 Å². The van der Waals surface area contributed by atoms with E-state index in [9.17, 15) is 40.1 Å². The molecule has 14 atom stereocenters. The summed E-state index contributed by atoms with van der Waals surface area (Å²) < 4.78 is 34.9. The van der Waals surface area contributed by atoms with E-state index >= 15 is 0 Å². The minimum atomic E-state index is -5.23. The maximum atomic E-state index is 12.9. The zero-order valence-electron chi connectivity index (χ0n) is 41.1. The van der Waals surface area contributed by atoms with E-state index in [2.05, 4.69) is 62.3 Å². The smallest absolute Gasteiger partial charge is 0.268 e. The van der Waals surface area contributed by atoms with Gasteiger partial charge in [0.1, 0.15) is 42.7 Å². The Hall–Kier alpha value is -0.210. The summed E-state index contributed by atoms with van der Waals surface area (Å²) in [6, 6.07) is 0. The van der Waals surface area contributed by atoms with Crippen LogP contribution < -0.4 is 4.89 Å². The van der Waals surface area contributed by atoms with Gasteiger partial charge in [0.2, 0.25) is 0 Å². The van der Waals surface area contributed by atoms with Gasteiger partial charge in [0.15, 0.2) is 0 Å². The number of aliphatic hydroxyl groups is 6. The lowest BCUT2D eigenvalue weighted by molar-refractivity contribution is -0.262. The van der Waals surface area contributed by atoms with Crippen molar-refractivity contribution in [2.75, 3.05) is 26.4 Å². The standard InChI is InChI=1S/C49H99O12P/c1-35(2)17-11-19-37(5)21-13-23-39(7)24-15-26-41(9)28-31-58-33-42(34-60-62(56,57)61-48-46(53)44(51)43(50)45(52)47(48)54)59-32-30-49(10,55)29-16-27-40(8)25-14-22-38(6)20-12-18-36(3)4/h35-48,50-55H,11-34H2,1-10H3,(H,56,57)/p-1/t37-,38-,39-,40-,41-,42+,43?,44-,45+,46-,47-,48?,49-/m1/s1. The van der Waals surface area contributed by atoms with Gasteiger partial charge in [0.05, 0.1) is 18.8 Å². The molecule has 1 saturated carbocycles. The van der Waals surface area contributed by atoms with Gasteiger partial charge in [-0.25, -0.2) is 0 Å². The second-order valence-electron chi connectivity index (χ2n) is 21.2. The van der Waals surface area contributed by atoms with Crippen molar-refractivity contribution in [3.8, 4) is 0 Å². The second-order valence-corrected chi connectivity index (χ2v) is 22.6. The van der Waals surface area contributed by atoms with Crippen LogP contribution in [-0.4, -0.2) is 105 Å². The molecule has 0 aromatic rings. The van der Waals surface area contributed by atoms with E-state index in [0.717, 1.165) is 49.4 Å².